The van der Waals surface area contributed by atoms with Gasteiger partial charge in [0, 0.05) is 17.2 Å². The molecule has 0 aliphatic heterocycles. The van der Waals surface area contributed by atoms with Crippen LogP contribution in [0.3, 0.4) is 0 Å². The number of anilines is 2. The third kappa shape index (κ3) is 3.30. The Morgan fingerprint density at radius 3 is 2.64 bits per heavy atom. The predicted octanol–water partition coefficient (Wildman–Crippen LogP) is 2.96. The van der Waals surface area contributed by atoms with Crippen molar-refractivity contribution in [3.05, 3.63) is 48.3 Å². The van der Waals surface area contributed by atoms with Crippen LogP contribution >= 0.6 is 0 Å². The summed E-state index contributed by atoms with van der Waals surface area (Å²) in [4.78, 5) is 24.3. The number of carboxylic acid groups (broad SMARTS) is 1. The lowest BCUT2D eigenvalue weighted by atomic mass is 9.61. The maximum absolute atomic E-state index is 13.6. The van der Waals surface area contributed by atoms with Gasteiger partial charge in [-0.05, 0) is 43.6 Å². The van der Waals surface area contributed by atoms with Gasteiger partial charge in [-0.2, -0.15) is 0 Å². The Kier molecular flexibility index (Phi) is 4.70. The van der Waals surface area contributed by atoms with Crippen LogP contribution in [0.1, 0.15) is 36.9 Å². The van der Waals surface area contributed by atoms with Crippen LogP contribution in [0.2, 0.25) is 0 Å². The van der Waals surface area contributed by atoms with Gasteiger partial charge in [0.25, 0.3) is 0 Å². The number of fused-ring (bicyclic) bond motifs is 3. The van der Waals surface area contributed by atoms with E-state index in [1.165, 1.54) is 12.3 Å². The summed E-state index contributed by atoms with van der Waals surface area (Å²) in [7, 11) is 0. The molecule has 3 fully saturated rings. The van der Waals surface area contributed by atoms with E-state index in [1.807, 2.05) is 0 Å². The molecule has 2 aromatic heterocycles. The van der Waals surface area contributed by atoms with E-state index < -0.39 is 17.7 Å². The summed E-state index contributed by atoms with van der Waals surface area (Å²) in [5.74, 6) is -0.571. The van der Waals surface area contributed by atoms with Crippen molar-refractivity contribution in [1.29, 1.82) is 0 Å². The normalized spacial score (nSPS) is 26.0. The molecule has 0 saturated heterocycles. The van der Waals surface area contributed by atoms with Crippen molar-refractivity contribution in [1.82, 2.24) is 15.0 Å². The Balaban J connectivity index is 1.60. The number of carbonyl (C=O) groups is 1. The zero-order valence-corrected chi connectivity index (χ0v) is 15.3. The summed E-state index contributed by atoms with van der Waals surface area (Å²) in [5.41, 5.74) is 7.02. The number of carboxylic acids is 1. The number of aromatic nitrogens is 3. The Bertz CT molecular complexity index is 927. The fourth-order valence-electron chi connectivity index (χ4n) is 4.59. The van der Waals surface area contributed by atoms with Crippen LogP contribution in [-0.2, 0) is 4.79 Å². The van der Waals surface area contributed by atoms with Crippen molar-refractivity contribution < 1.29 is 14.3 Å². The molecule has 8 heteroatoms. The molecular weight excluding hydrogens is 361 g/mol. The van der Waals surface area contributed by atoms with Crippen molar-refractivity contribution >= 4 is 23.2 Å². The Morgan fingerprint density at radius 1 is 1.21 bits per heavy atom. The molecule has 2 bridgehead atoms. The second kappa shape index (κ2) is 7.18. The molecule has 7 nitrogen and oxygen atoms in total. The van der Waals surface area contributed by atoms with Crippen LogP contribution in [0.5, 0.6) is 0 Å². The van der Waals surface area contributed by atoms with E-state index in [0.29, 0.717) is 28.6 Å². The van der Waals surface area contributed by atoms with Gasteiger partial charge in [0.1, 0.15) is 17.5 Å². The zero-order valence-electron chi connectivity index (χ0n) is 15.3. The van der Waals surface area contributed by atoms with E-state index in [1.54, 1.807) is 6.20 Å². The molecule has 2 unspecified atom stereocenters. The number of hydrogen-bond donors (Lipinski definition) is 3. The lowest BCUT2D eigenvalue weighted by molar-refractivity contribution is -0.148. The number of rotatable bonds is 5. The standard InChI is InChI=1S/C20H22FN5O2/c1-10(14-6-13(21)7-24-19(14)22)15-8-23-9-16(25-15)26-18-12-4-2-11(3-5-12)17(18)20(27)28/h6-9,11-12,17-18H,1-5H2,(H2,22,24)(H,25,26)(H,27,28). The van der Waals surface area contributed by atoms with Gasteiger partial charge in [0.2, 0.25) is 0 Å². The van der Waals surface area contributed by atoms with E-state index in [0.717, 1.165) is 31.9 Å². The van der Waals surface area contributed by atoms with Crippen molar-refractivity contribution in [3.8, 4) is 0 Å². The minimum atomic E-state index is -0.765. The molecule has 2 heterocycles. The van der Waals surface area contributed by atoms with Crippen LogP contribution < -0.4 is 11.1 Å². The number of nitrogens with zero attached hydrogens (tertiary/aromatic N) is 3. The summed E-state index contributed by atoms with van der Waals surface area (Å²) < 4.78 is 13.6. The first-order valence-electron chi connectivity index (χ1n) is 9.36. The average Bonchev–Trinajstić information content (AvgIpc) is 2.70. The van der Waals surface area contributed by atoms with Gasteiger partial charge in [-0.1, -0.05) is 6.58 Å². The topological polar surface area (TPSA) is 114 Å². The molecule has 3 aliphatic rings. The lowest BCUT2D eigenvalue weighted by Crippen LogP contribution is -2.51. The molecule has 5 rings (SSSR count). The molecule has 28 heavy (non-hydrogen) atoms. The highest BCUT2D eigenvalue weighted by Gasteiger charge is 2.47. The fourth-order valence-corrected chi connectivity index (χ4v) is 4.59. The number of nitrogen functional groups attached to an aromatic ring is 1. The van der Waals surface area contributed by atoms with Gasteiger partial charge < -0.3 is 16.2 Å². The summed E-state index contributed by atoms with van der Waals surface area (Å²) in [5, 5.41) is 13.0. The summed E-state index contributed by atoms with van der Waals surface area (Å²) in [6.07, 6.45) is 8.10. The van der Waals surface area contributed by atoms with E-state index in [2.05, 4.69) is 26.8 Å². The smallest absolute Gasteiger partial charge is 0.308 e. The predicted molar refractivity (Wildman–Crippen MR) is 103 cm³/mol. The molecule has 0 aromatic carbocycles. The molecule has 3 aliphatic carbocycles. The monoisotopic (exact) mass is 383 g/mol. The Labute approximate surface area is 161 Å². The molecule has 4 N–H and O–H groups in total. The largest absolute Gasteiger partial charge is 0.481 e. The van der Waals surface area contributed by atoms with Crippen molar-refractivity contribution in [3.63, 3.8) is 0 Å². The Hall–Kier alpha value is -3.03. The van der Waals surface area contributed by atoms with E-state index in [4.69, 9.17) is 5.73 Å². The quantitative estimate of drug-likeness (QED) is 0.727. The van der Waals surface area contributed by atoms with Gasteiger partial charge in [-0.15, -0.1) is 0 Å². The van der Waals surface area contributed by atoms with Crippen LogP contribution in [0.25, 0.3) is 5.57 Å². The fraction of sp³-hybridized carbons (Fsp3) is 0.400. The highest BCUT2D eigenvalue weighted by Crippen LogP contribution is 2.46. The highest BCUT2D eigenvalue weighted by molar-refractivity contribution is 5.81. The van der Waals surface area contributed by atoms with Crippen molar-refractivity contribution in [2.75, 3.05) is 11.1 Å². The molecule has 3 saturated carbocycles. The van der Waals surface area contributed by atoms with E-state index in [9.17, 15) is 14.3 Å². The first kappa shape index (κ1) is 18.3. The van der Waals surface area contributed by atoms with Gasteiger partial charge in [0.15, 0.2) is 0 Å². The molecule has 2 atom stereocenters. The van der Waals surface area contributed by atoms with E-state index in [-0.39, 0.29) is 17.8 Å². The van der Waals surface area contributed by atoms with Gasteiger partial charge in [-0.25, -0.2) is 14.4 Å². The van der Waals surface area contributed by atoms with Gasteiger partial charge in [0.05, 0.1) is 30.2 Å². The van der Waals surface area contributed by atoms with Crippen LogP contribution in [0, 0.1) is 23.6 Å². The first-order valence-corrected chi connectivity index (χ1v) is 9.36. The average molecular weight is 383 g/mol. The van der Waals surface area contributed by atoms with Crippen LogP contribution in [-0.4, -0.2) is 32.1 Å². The first-order chi connectivity index (χ1) is 13.4. The van der Waals surface area contributed by atoms with Crippen molar-refractivity contribution in [2.24, 2.45) is 17.8 Å². The maximum atomic E-state index is 13.6. The van der Waals surface area contributed by atoms with Crippen LogP contribution in [0.15, 0.2) is 31.2 Å². The van der Waals surface area contributed by atoms with Crippen molar-refractivity contribution in [2.45, 2.75) is 31.7 Å². The maximum Gasteiger partial charge on any atom is 0.308 e. The summed E-state index contributed by atoms with van der Waals surface area (Å²) in [6.45, 7) is 3.96. The second-order valence-corrected chi connectivity index (χ2v) is 7.56. The SMILES string of the molecule is C=C(c1cncc(NC2C3CCC(CC3)C2C(=O)O)n1)c1cc(F)cnc1N. The minimum Gasteiger partial charge on any atom is -0.481 e. The number of nitrogens with two attached hydrogens (primary N) is 1. The Morgan fingerprint density at radius 2 is 1.93 bits per heavy atom. The third-order valence-electron chi connectivity index (χ3n) is 5.97. The third-order valence-corrected chi connectivity index (χ3v) is 5.97. The molecule has 146 valence electrons. The molecule has 0 amide bonds. The highest BCUT2D eigenvalue weighted by atomic mass is 19.1. The number of pyridine rings is 1. The van der Waals surface area contributed by atoms with Gasteiger partial charge >= 0.3 is 5.97 Å². The lowest BCUT2D eigenvalue weighted by Gasteiger charge is -2.47. The van der Waals surface area contributed by atoms with E-state index >= 15 is 0 Å². The summed E-state index contributed by atoms with van der Waals surface area (Å²) >= 11 is 0. The summed E-state index contributed by atoms with van der Waals surface area (Å²) in [6, 6.07) is 1.08. The number of nitrogens with one attached hydrogen (secondary N) is 1. The zero-order chi connectivity index (χ0) is 19.8. The minimum absolute atomic E-state index is 0.155. The van der Waals surface area contributed by atoms with Gasteiger partial charge in [-0.3, -0.25) is 9.78 Å². The number of hydrogen-bond acceptors (Lipinski definition) is 6. The second-order valence-electron chi connectivity index (χ2n) is 7.56. The van der Waals surface area contributed by atoms with Crippen LogP contribution in [0.4, 0.5) is 16.0 Å². The molecule has 0 radical (unpaired) electrons. The molecule has 0 spiro atoms. The number of halogens is 1. The molecule has 2 aromatic rings. The number of aliphatic carboxylic acids is 1. The molecular formula is C20H22FN5O2.